The standard InChI is InChI=1S/C23H29N5O3/c1-26-10-12-28(13-11-26)15-22-25-18-14-17(8-9-19(18)27(22)2)24-23(29)16-31-21-7-5-4-6-20(21)30-3/h4-9,14H,10-13,15-16H2,1-3H3,(H,24,29). The van der Waals surface area contributed by atoms with Gasteiger partial charge in [0.25, 0.3) is 5.91 Å². The highest BCUT2D eigenvalue weighted by molar-refractivity contribution is 5.94. The molecule has 164 valence electrons. The number of likely N-dealkylation sites (N-methyl/N-ethyl adjacent to an activating group) is 1. The van der Waals surface area contributed by atoms with E-state index in [1.807, 2.05) is 37.4 Å². The van der Waals surface area contributed by atoms with Gasteiger partial charge in [-0.1, -0.05) is 12.1 Å². The third-order valence-electron chi connectivity index (χ3n) is 5.65. The predicted octanol–water partition coefficient (Wildman–Crippen LogP) is 2.35. The van der Waals surface area contributed by atoms with Gasteiger partial charge in [-0.2, -0.15) is 0 Å². The Hall–Kier alpha value is -3.10. The fourth-order valence-electron chi connectivity index (χ4n) is 3.75. The SMILES string of the molecule is COc1ccccc1OCC(=O)Nc1ccc2c(c1)nc(CN1CCN(C)CC1)n2C. The molecule has 0 radical (unpaired) electrons. The molecular weight excluding hydrogens is 394 g/mol. The number of rotatable bonds is 7. The number of para-hydroxylation sites is 2. The normalized spacial score (nSPS) is 15.2. The number of imidazole rings is 1. The molecule has 1 fully saturated rings. The number of hydrogen-bond acceptors (Lipinski definition) is 6. The number of anilines is 1. The summed E-state index contributed by atoms with van der Waals surface area (Å²) in [4.78, 5) is 22.0. The zero-order valence-electron chi connectivity index (χ0n) is 18.3. The molecule has 31 heavy (non-hydrogen) atoms. The molecule has 3 aromatic rings. The van der Waals surface area contributed by atoms with Crippen molar-refractivity contribution >= 4 is 22.6 Å². The van der Waals surface area contributed by atoms with E-state index in [1.165, 1.54) is 0 Å². The monoisotopic (exact) mass is 423 g/mol. The van der Waals surface area contributed by atoms with Gasteiger partial charge in [0, 0.05) is 38.9 Å². The molecule has 0 unspecified atom stereocenters. The molecule has 1 amide bonds. The molecule has 0 bridgehead atoms. The van der Waals surface area contributed by atoms with E-state index in [0.717, 1.165) is 49.6 Å². The number of aryl methyl sites for hydroxylation is 1. The molecule has 1 aliphatic rings. The minimum atomic E-state index is -0.237. The summed E-state index contributed by atoms with van der Waals surface area (Å²) in [7, 11) is 5.77. The Morgan fingerprint density at radius 3 is 2.55 bits per heavy atom. The van der Waals surface area contributed by atoms with Crippen molar-refractivity contribution in [1.29, 1.82) is 0 Å². The molecule has 2 heterocycles. The summed E-state index contributed by atoms with van der Waals surface area (Å²) in [5.41, 5.74) is 2.62. The fraction of sp³-hybridized carbons (Fsp3) is 0.391. The summed E-state index contributed by atoms with van der Waals surface area (Å²) in [5.74, 6) is 1.92. The van der Waals surface area contributed by atoms with Crippen molar-refractivity contribution < 1.29 is 14.3 Å². The van der Waals surface area contributed by atoms with Crippen molar-refractivity contribution in [2.75, 3.05) is 52.3 Å². The quantitative estimate of drug-likeness (QED) is 0.629. The number of amides is 1. The van der Waals surface area contributed by atoms with Crippen LogP contribution < -0.4 is 14.8 Å². The maximum Gasteiger partial charge on any atom is 0.262 e. The largest absolute Gasteiger partial charge is 0.493 e. The first-order valence-corrected chi connectivity index (χ1v) is 10.5. The number of carbonyl (C=O) groups excluding carboxylic acids is 1. The number of aromatic nitrogens is 2. The maximum atomic E-state index is 12.4. The van der Waals surface area contributed by atoms with Crippen LogP contribution in [0.4, 0.5) is 5.69 Å². The van der Waals surface area contributed by atoms with Crippen LogP contribution in [0.15, 0.2) is 42.5 Å². The lowest BCUT2D eigenvalue weighted by molar-refractivity contribution is -0.118. The molecule has 8 nitrogen and oxygen atoms in total. The Labute approximate surface area is 182 Å². The average Bonchev–Trinajstić information content (AvgIpc) is 3.08. The van der Waals surface area contributed by atoms with Crippen molar-refractivity contribution in [3.63, 3.8) is 0 Å². The number of nitrogens with zero attached hydrogens (tertiary/aromatic N) is 4. The van der Waals surface area contributed by atoms with Crippen LogP contribution in [-0.2, 0) is 18.4 Å². The van der Waals surface area contributed by atoms with E-state index >= 15 is 0 Å². The Morgan fingerprint density at radius 1 is 1.06 bits per heavy atom. The van der Waals surface area contributed by atoms with Gasteiger partial charge < -0.3 is 24.3 Å². The molecule has 0 saturated carbocycles. The third-order valence-corrected chi connectivity index (χ3v) is 5.65. The molecule has 0 spiro atoms. The van der Waals surface area contributed by atoms with Gasteiger partial charge >= 0.3 is 0 Å². The number of fused-ring (bicyclic) bond motifs is 1. The van der Waals surface area contributed by atoms with Crippen LogP contribution in [-0.4, -0.2) is 72.2 Å². The average molecular weight is 424 g/mol. The summed E-state index contributed by atoms with van der Waals surface area (Å²) in [5, 5.41) is 2.89. The molecule has 8 heteroatoms. The van der Waals surface area contributed by atoms with Crippen molar-refractivity contribution in [3.8, 4) is 11.5 Å². The van der Waals surface area contributed by atoms with Gasteiger partial charge in [0.05, 0.1) is 24.7 Å². The van der Waals surface area contributed by atoms with Gasteiger partial charge in [-0.3, -0.25) is 9.69 Å². The van der Waals surface area contributed by atoms with Crippen LogP contribution in [0.3, 0.4) is 0 Å². The second-order valence-corrected chi connectivity index (χ2v) is 7.86. The van der Waals surface area contributed by atoms with E-state index in [9.17, 15) is 4.79 Å². The van der Waals surface area contributed by atoms with E-state index in [1.54, 1.807) is 19.2 Å². The molecule has 1 aromatic heterocycles. The van der Waals surface area contributed by atoms with Gasteiger partial charge in [0.2, 0.25) is 0 Å². The molecule has 1 saturated heterocycles. The number of nitrogens with one attached hydrogen (secondary N) is 1. The minimum absolute atomic E-state index is 0.102. The number of hydrogen-bond donors (Lipinski definition) is 1. The first kappa shape index (κ1) is 21.1. The first-order chi connectivity index (χ1) is 15.0. The summed E-state index contributed by atoms with van der Waals surface area (Å²) < 4.78 is 13.0. The van der Waals surface area contributed by atoms with Crippen LogP contribution in [0.5, 0.6) is 11.5 Å². The Morgan fingerprint density at radius 2 is 1.81 bits per heavy atom. The lowest BCUT2D eigenvalue weighted by Crippen LogP contribution is -2.44. The second-order valence-electron chi connectivity index (χ2n) is 7.86. The van der Waals surface area contributed by atoms with Gasteiger partial charge in [-0.25, -0.2) is 4.98 Å². The number of ether oxygens (including phenoxy) is 2. The van der Waals surface area contributed by atoms with Crippen LogP contribution in [0.1, 0.15) is 5.82 Å². The van der Waals surface area contributed by atoms with Gasteiger partial charge in [-0.15, -0.1) is 0 Å². The molecule has 2 aromatic carbocycles. The topological polar surface area (TPSA) is 71.9 Å². The Kier molecular flexibility index (Phi) is 6.39. The third kappa shape index (κ3) is 4.98. The molecular formula is C23H29N5O3. The Balaban J connectivity index is 1.40. The van der Waals surface area contributed by atoms with Gasteiger partial charge in [0.15, 0.2) is 18.1 Å². The van der Waals surface area contributed by atoms with Crippen LogP contribution in [0.25, 0.3) is 11.0 Å². The summed E-state index contributed by atoms with van der Waals surface area (Å²) in [6, 6.07) is 13.0. The van der Waals surface area contributed by atoms with Crippen LogP contribution in [0, 0.1) is 0 Å². The minimum Gasteiger partial charge on any atom is -0.493 e. The maximum absolute atomic E-state index is 12.4. The number of benzene rings is 2. The predicted molar refractivity (Wildman–Crippen MR) is 121 cm³/mol. The summed E-state index contributed by atoms with van der Waals surface area (Å²) in [6.45, 7) is 4.98. The van der Waals surface area contributed by atoms with Gasteiger partial charge in [-0.05, 0) is 37.4 Å². The highest BCUT2D eigenvalue weighted by Gasteiger charge is 2.17. The van der Waals surface area contributed by atoms with E-state index in [0.29, 0.717) is 17.2 Å². The van der Waals surface area contributed by atoms with Crippen molar-refractivity contribution in [2.24, 2.45) is 7.05 Å². The number of piperazine rings is 1. The van der Waals surface area contributed by atoms with Crippen molar-refractivity contribution in [3.05, 3.63) is 48.3 Å². The highest BCUT2D eigenvalue weighted by atomic mass is 16.5. The molecule has 1 N–H and O–H groups in total. The molecule has 1 aliphatic heterocycles. The molecule has 0 aliphatic carbocycles. The second kappa shape index (κ2) is 9.36. The van der Waals surface area contributed by atoms with E-state index in [-0.39, 0.29) is 12.5 Å². The molecule has 0 atom stereocenters. The smallest absolute Gasteiger partial charge is 0.262 e. The fourth-order valence-corrected chi connectivity index (χ4v) is 3.75. The lowest BCUT2D eigenvalue weighted by Gasteiger charge is -2.31. The summed E-state index contributed by atoms with van der Waals surface area (Å²) in [6.07, 6.45) is 0. The summed E-state index contributed by atoms with van der Waals surface area (Å²) >= 11 is 0. The van der Waals surface area contributed by atoms with Crippen LogP contribution >= 0.6 is 0 Å². The van der Waals surface area contributed by atoms with Crippen molar-refractivity contribution in [2.45, 2.75) is 6.54 Å². The van der Waals surface area contributed by atoms with Crippen LogP contribution in [0.2, 0.25) is 0 Å². The number of methoxy groups -OCH3 is 1. The lowest BCUT2D eigenvalue weighted by atomic mass is 10.2. The van der Waals surface area contributed by atoms with Gasteiger partial charge in [0.1, 0.15) is 5.82 Å². The van der Waals surface area contributed by atoms with E-state index < -0.39 is 0 Å². The Bertz CT molecular complexity index is 1060. The van der Waals surface area contributed by atoms with Crippen molar-refractivity contribution in [1.82, 2.24) is 19.4 Å². The number of carbonyl (C=O) groups is 1. The van der Waals surface area contributed by atoms with E-state index in [4.69, 9.17) is 14.5 Å². The zero-order chi connectivity index (χ0) is 21.8. The molecule has 4 rings (SSSR count). The zero-order valence-corrected chi connectivity index (χ0v) is 18.3. The van der Waals surface area contributed by atoms with E-state index in [2.05, 4.69) is 26.7 Å². The first-order valence-electron chi connectivity index (χ1n) is 10.5. The highest BCUT2D eigenvalue weighted by Crippen LogP contribution is 2.26.